The summed E-state index contributed by atoms with van der Waals surface area (Å²) in [6.07, 6.45) is 4.92. The first-order chi connectivity index (χ1) is 15.6. The number of nitrogens with zero attached hydrogens (tertiary/aromatic N) is 1. The largest absolute Gasteiger partial charge is 0.360 e. The highest BCUT2D eigenvalue weighted by Crippen LogP contribution is 2.17. The molecule has 4 aromatic rings. The second kappa shape index (κ2) is 9.57. The number of benzene rings is 3. The summed E-state index contributed by atoms with van der Waals surface area (Å²) in [6.45, 7) is 1.80. The van der Waals surface area contributed by atoms with Crippen LogP contribution < -0.4 is 10.7 Å². The number of aromatic nitrogens is 1. The van der Waals surface area contributed by atoms with Gasteiger partial charge in [0.15, 0.2) is 0 Å². The molecule has 0 bridgehead atoms. The van der Waals surface area contributed by atoms with Crippen molar-refractivity contribution in [3.63, 3.8) is 0 Å². The van der Waals surface area contributed by atoms with E-state index in [1.807, 2.05) is 72.8 Å². The van der Waals surface area contributed by atoms with Gasteiger partial charge in [0.05, 0.1) is 11.3 Å². The third-order valence-corrected chi connectivity index (χ3v) is 4.93. The lowest BCUT2D eigenvalue weighted by atomic mass is 10.1. The molecule has 0 aliphatic rings. The third kappa shape index (κ3) is 4.99. The van der Waals surface area contributed by atoms with Gasteiger partial charge < -0.3 is 10.3 Å². The Morgan fingerprint density at radius 3 is 2.56 bits per heavy atom. The quantitative estimate of drug-likeness (QED) is 0.233. The van der Waals surface area contributed by atoms with Crippen LogP contribution in [-0.4, -0.2) is 22.5 Å². The molecule has 0 saturated carbocycles. The lowest BCUT2D eigenvalue weighted by molar-refractivity contribution is -0.111. The minimum absolute atomic E-state index is 0.228. The summed E-state index contributed by atoms with van der Waals surface area (Å²) in [7, 11) is 0. The van der Waals surface area contributed by atoms with Gasteiger partial charge in [0, 0.05) is 28.9 Å². The highest BCUT2D eigenvalue weighted by molar-refractivity contribution is 6.08. The van der Waals surface area contributed by atoms with Crippen molar-refractivity contribution in [2.75, 3.05) is 5.32 Å². The maximum absolute atomic E-state index is 12.6. The maximum atomic E-state index is 12.6. The van der Waals surface area contributed by atoms with Crippen LogP contribution in [0.15, 0.2) is 96.2 Å². The van der Waals surface area contributed by atoms with Crippen molar-refractivity contribution in [2.45, 2.75) is 6.92 Å². The van der Waals surface area contributed by atoms with Gasteiger partial charge in [-0.1, -0.05) is 60.7 Å². The van der Waals surface area contributed by atoms with E-state index in [1.54, 1.807) is 25.3 Å². The summed E-state index contributed by atoms with van der Waals surface area (Å²) in [5, 5.41) is 7.91. The van der Waals surface area contributed by atoms with Crippen LogP contribution in [0, 0.1) is 0 Å². The smallest absolute Gasteiger partial charge is 0.273 e. The monoisotopic (exact) mass is 422 g/mol. The van der Waals surface area contributed by atoms with Gasteiger partial charge in [-0.3, -0.25) is 9.59 Å². The topological polar surface area (TPSA) is 86.3 Å². The summed E-state index contributed by atoms with van der Waals surface area (Å²) in [5.41, 5.74) is 7.02. The molecule has 4 rings (SSSR count). The standard InChI is InChI=1S/C26H22N4O2/c1-18(29-30-26(32)23-17-27-24-13-6-5-12-22(23)24)20-10-7-11-21(16-20)28-25(31)15-14-19-8-3-2-4-9-19/h2-17,27H,1H3,(H,28,31)(H,30,32)/b15-14+,29-18+. The van der Waals surface area contributed by atoms with Crippen molar-refractivity contribution in [3.05, 3.63) is 108 Å². The average Bonchev–Trinajstić information content (AvgIpc) is 3.26. The van der Waals surface area contributed by atoms with Crippen molar-refractivity contribution in [1.29, 1.82) is 0 Å². The number of hydrazone groups is 1. The van der Waals surface area contributed by atoms with E-state index in [9.17, 15) is 9.59 Å². The Labute approximate surface area is 185 Å². The number of carbonyl (C=O) groups is 2. The van der Waals surface area contributed by atoms with Crippen LogP contribution in [0.2, 0.25) is 0 Å². The predicted molar refractivity (Wildman–Crippen MR) is 129 cm³/mol. The molecule has 1 aromatic heterocycles. The van der Waals surface area contributed by atoms with Gasteiger partial charge in [0.25, 0.3) is 5.91 Å². The summed E-state index contributed by atoms with van der Waals surface area (Å²) < 4.78 is 0. The van der Waals surface area contributed by atoms with E-state index >= 15 is 0 Å². The van der Waals surface area contributed by atoms with E-state index in [1.165, 1.54) is 6.08 Å². The Morgan fingerprint density at radius 1 is 0.938 bits per heavy atom. The number of aromatic amines is 1. The molecule has 3 N–H and O–H groups in total. The van der Waals surface area contributed by atoms with Gasteiger partial charge in [0.2, 0.25) is 5.91 Å². The number of rotatable bonds is 6. The fourth-order valence-corrected chi connectivity index (χ4v) is 3.26. The van der Waals surface area contributed by atoms with Crippen LogP contribution in [0.25, 0.3) is 17.0 Å². The van der Waals surface area contributed by atoms with Gasteiger partial charge in [-0.25, -0.2) is 5.43 Å². The lowest BCUT2D eigenvalue weighted by Crippen LogP contribution is -2.19. The molecule has 0 radical (unpaired) electrons. The minimum atomic E-state index is -0.294. The Hall–Kier alpha value is -4.45. The summed E-state index contributed by atoms with van der Waals surface area (Å²) in [4.78, 5) is 27.9. The van der Waals surface area contributed by atoms with E-state index < -0.39 is 0 Å². The molecule has 2 amide bonds. The van der Waals surface area contributed by atoms with E-state index in [0.717, 1.165) is 22.0 Å². The molecule has 0 aliphatic carbocycles. The third-order valence-electron chi connectivity index (χ3n) is 4.93. The number of H-pyrrole nitrogens is 1. The van der Waals surface area contributed by atoms with Gasteiger partial charge in [-0.2, -0.15) is 5.10 Å². The highest BCUT2D eigenvalue weighted by Gasteiger charge is 2.11. The van der Waals surface area contributed by atoms with Gasteiger partial charge in [-0.05, 0) is 42.3 Å². The fraction of sp³-hybridized carbons (Fsp3) is 0.0385. The Bertz CT molecular complexity index is 1320. The van der Waals surface area contributed by atoms with Crippen LogP contribution in [-0.2, 0) is 4.79 Å². The first kappa shape index (κ1) is 20.8. The van der Waals surface area contributed by atoms with Crippen molar-refractivity contribution in [3.8, 4) is 0 Å². The highest BCUT2D eigenvalue weighted by atomic mass is 16.2. The van der Waals surface area contributed by atoms with E-state index in [-0.39, 0.29) is 11.8 Å². The van der Waals surface area contributed by atoms with Gasteiger partial charge >= 0.3 is 0 Å². The zero-order valence-corrected chi connectivity index (χ0v) is 17.5. The number of nitrogens with one attached hydrogen (secondary N) is 3. The molecule has 1 heterocycles. The van der Waals surface area contributed by atoms with Crippen molar-refractivity contribution < 1.29 is 9.59 Å². The van der Waals surface area contributed by atoms with Crippen LogP contribution in [0.1, 0.15) is 28.4 Å². The van der Waals surface area contributed by atoms with Crippen LogP contribution >= 0.6 is 0 Å². The Kier molecular flexibility index (Phi) is 6.22. The zero-order valence-electron chi connectivity index (χ0n) is 17.5. The molecule has 32 heavy (non-hydrogen) atoms. The molecular weight excluding hydrogens is 400 g/mol. The Balaban J connectivity index is 1.41. The number of anilines is 1. The molecule has 0 aliphatic heterocycles. The molecule has 0 spiro atoms. The maximum Gasteiger partial charge on any atom is 0.273 e. The second-order valence-electron chi connectivity index (χ2n) is 7.20. The summed E-state index contributed by atoms with van der Waals surface area (Å²) in [5.74, 6) is -0.523. The van der Waals surface area contributed by atoms with Gasteiger partial charge in [0.1, 0.15) is 0 Å². The number of carbonyl (C=O) groups excluding carboxylic acids is 2. The predicted octanol–water partition coefficient (Wildman–Crippen LogP) is 4.97. The number of hydrogen-bond donors (Lipinski definition) is 3. The zero-order chi connectivity index (χ0) is 22.3. The summed E-state index contributed by atoms with van der Waals surface area (Å²) in [6, 6.07) is 24.5. The Morgan fingerprint density at radius 2 is 1.72 bits per heavy atom. The number of amides is 2. The first-order valence-corrected chi connectivity index (χ1v) is 10.2. The van der Waals surface area contributed by atoms with Crippen LogP contribution in [0.3, 0.4) is 0 Å². The molecule has 3 aromatic carbocycles. The normalized spacial score (nSPS) is 11.6. The molecule has 0 saturated heterocycles. The summed E-state index contributed by atoms with van der Waals surface area (Å²) >= 11 is 0. The van der Waals surface area contributed by atoms with E-state index in [2.05, 4.69) is 20.8 Å². The first-order valence-electron chi connectivity index (χ1n) is 10.2. The van der Waals surface area contributed by atoms with Crippen molar-refractivity contribution in [1.82, 2.24) is 10.4 Å². The number of para-hydroxylation sites is 1. The van der Waals surface area contributed by atoms with Crippen molar-refractivity contribution in [2.24, 2.45) is 5.10 Å². The molecule has 0 atom stereocenters. The minimum Gasteiger partial charge on any atom is -0.360 e. The van der Waals surface area contributed by atoms with Gasteiger partial charge in [-0.15, -0.1) is 0 Å². The lowest BCUT2D eigenvalue weighted by Gasteiger charge is -2.06. The second-order valence-corrected chi connectivity index (χ2v) is 7.20. The van der Waals surface area contributed by atoms with Crippen LogP contribution in [0.4, 0.5) is 5.69 Å². The molecule has 0 unspecified atom stereocenters. The van der Waals surface area contributed by atoms with Crippen molar-refractivity contribution >= 4 is 40.2 Å². The molecular formula is C26H22N4O2. The molecule has 158 valence electrons. The van der Waals surface area contributed by atoms with Crippen LogP contribution in [0.5, 0.6) is 0 Å². The number of fused-ring (bicyclic) bond motifs is 1. The number of hydrogen-bond acceptors (Lipinski definition) is 3. The van der Waals surface area contributed by atoms with E-state index in [0.29, 0.717) is 17.0 Å². The molecule has 0 fully saturated rings. The fourth-order valence-electron chi connectivity index (χ4n) is 3.26. The molecule has 6 heteroatoms. The molecule has 6 nitrogen and oxygen atoms in total. The SMILES string of the molecule is C/C(=N\NC(=O)c1c[nH]c2ccccc12)c1cccc(NC(=O)/C=C/c2ccccc2)c1. The van der Waals surface area contributed by atoms with E-state index in [4.69, 9.17) is 0 Å². The average molecular weight is 422 g/mol.